The van der Waals surface area contributed by atoms with Gasteiger partial charge in [0.25, 0.3) is 0 Å². The van der Waals surface area contributed by atoms with Crippen LogP contribution < -0.4 is 0 Å². The first-order chi connectivity index (χ1) is 14.3. The summed E-state index contributed by atoms with van der Waals surface area (Å²) in [5, 5.41) is 0. The molecule has 31 heavy (non-hydrogen) atoms. The lowest BCUT2D eigenvalue weighted by Gasteiger charge is -2.21. The molecular weight excluding hydrogens is 500 g/mol. The number of hydrogen-bond donors (Lipinski definition) is 4. The van der Waals surface area contributed by atoms with E-state index in [9.17, 15) is 28.0 Å². The third kappa shape index (κ3) is 10.4. The number of rotatable bonds is 12. The van der Waals surface area contributed by atoms with Gasteiger partial charge in [-0.3, -0.25) is 9.05 Å². The van der Waals surface area contributed by atoms with Crippen molar-refractivity contribution >= 4 is 31.3 Å². The van der Waals surface area contributed by atoms with Gasteiger partial charge in [-0.2, -0.15) is 12.9 Å². The highest BCUT2D eigenvalue weighted by Crippen LogP contribution is 2.72. The smallest absolute Gasteiger partial charge is 0.302 e. The van der Waals surface area contributed by atoms with E-state index in [0.29, 0.717) is 11.1 Å². The fourth-order valence-corrected chi connectivity index (χ4v) is 6.93. The number of hydrogen-bond acceptors (Lipinski definition) is 9. The Morgan fingerprint density at radius 1 is 0.581 bits per heavy atom. The first-order valence-electron chi connectivity index (χ1n) is 8.10. The van der Waals surface area contributed by atoms with E-state index in [4.69, 9.17) is 18.8 Å². The topological polar surface area (TPSA) is 195 Å². The van der Waals surface area contributed by atoms with E-state index in [1.807, 2.05) is 0 Å². The van der Waals surface area contributed by atoms with E-state index >= 15 is 0 Å². The fraction of sp³-hybridized carbons (Fsp3) is 0.143. The summed E-state index contributed by atoms with van der Waals surface area (Å²) in [7, 11) is -22.1. The van der Waals surface area contributed by atoms with Crippen LogP contribution in [0.2, 0.25) is 0 Å². The predicted octanol–water partition coefficient (Wildman–Crippen LogP) is 3.87. The number of phosphoric acid groups is 4. The molecule has 13 nitrogen and oxygen atoms in total. The average molecular weight is 518 g/mol. The minimum Gasteiger partial charge on any atom is -0.302 e. The van der Waals surface area contributed by atoms with Crippen LogP contribution in [0.3, 0.4) is 0 Å². The van der Waals surface area contributed by atoms with Gasteiger partial charge < -0.3 is 19.6 Å². The van der Waals surface area contributed by atoms with Gasteiger partial charge in [0.05, 0.1) is 13.2 Å². The van der Waals surface area contributed by atoms with E-state index in [2.05, 4.69) is 12.9 Å². The minimum atomic E-state index is -5.81. The van der Waals surface area contributed by atoms with Crippen LogP contribution in [-0.4, -0.2) is 19.6 Å². The third-order valence-electron chi connectivity index (χ3n) is 3.08. The summed E-state index contributed by atoms with van der Waals surface area (Å²) in [6.45, 7) is -0.828. The van der Waals surface area contributed by atoms with E-state index < -0.39 is 44.5 Å². The zero-order chi connectivity index (χ0) is 23.2. The molecule has 2 unspecified atom stereocenters. The predicted molar refractivity (Wildman–Crippen MR) is 105 cm³/mol. The molecule has 0 heterocycles. The lowest BCUT2D eigenvalue weighted by Crippen LogP contribution is -2.02. The van der Waals surface area contributed by atoms with Crippen LogP contribution >= 0.6 is 31.3 Å². The van der Waals surface area contributed by atoms with Crippen molar-refractivity contribution in [1.82, 2.24) is 0 Å². The zero-order valence-corrected chi connectivity index (χ0v) is 19.0. The van der Waals surface area contributed by atoms with Crippen LogP contribution in [0, 0.1) is 0 Å². The Hall–Kier alpha value is -1.00. The molecule has 0 aliphatic carbocycles. The second kappa shape index (κ2) is 10.7. The lowest BCUT2D eigenvalue weighted by atomic mass is 10.2. The molecule has 0 saturated heterocycles. The quantitative estimate of drug-likeness (QED) is 0.296. The molecule has 0 radical (unpaired) electrons. The van der Waals surface area contributed by atoms with Crippen molar-refractivity contribution in [2.24, 2.45) is 0 Å². The molecule has 0 saturated carbocycles. The van der Waals surface area contributed by atoms with Gasteiger partial charge >= 0.3 is 31.3 Å². The van der Waals surface area contributed by atoms with E-state index in [1.54, 1.807) is 60.7 Å². The summed E-state index contributed by atoms with van der Waals surface area (Å²) in [6, 6.07) is 16.2. The van der Waals surface area contributed by atoms with Crippen molar-refractivity contribution in [2.45, 2.75) is 13.2 Å². The van der Waals surface area contributed by atoms with Crippen LogP contribution in [0.15, 0.2) is 60.7 Å². The normalized spacial score (nSPS) is 16.4. The molecule has 17 heteroatoms. The second-order valence-electron chi connectivity index (χ2n) is 5.64. The maximum atomic E-state index is 12.9. The summed E-state index contributed by atoms with van der Waals surface area (Å²) in [5.41, 5.74) is 0.946. The molecule has 0 aromatic heterocycles. The van der Waals surface area contributed by atoms with Crippen molar-refractivity contribution in [3.63, 3.8) is 0 Å². The van der Waals surface area contributed by atoms with Crippen molar-refractivity contribution in [1.29, 1.82) is 0 Å². The van der Waals surface area contributed by atoms with Crippen molar-refractivity contribution < 1.29 is 59.8 Å². The second-order valence-corrected chi connectivity index (χ2v) is 11.9. The Bertz CT molecular complexity index is 991. The van der Waals surface area contributed by atoms with Gasteiger partial charge in [-0.15, -0.1) is 0 Å². The van der Waals surface area contributed by atoms with E-state index in [0.717, 1.165) is 0 Å². The van der Waals surface area contributed by atoms with Crippen LogP contribution in [0.25, 0.3) is 0 Å². The highest BCUT2D eigenvalue weighted by molar-refractivity contribution is 7.69. The van der Waals surface area contributed by atoms with Gasteiger partial charge in [0.15, 0.2) is 0 Å². The summed E-state index contributed by atoms with van der Waals surface area (Å²) in [5.74, 6) is 0. The molecule has 2 atom stereocenters. The monoisotopic (exact) mass is 518 g/mol. The van der Waals surface area contributed by atoms with Crippen molar-refractivity contribution in [3.8, 4) is 0 Å². The molecule has 4 N–H and O–H groups in total. The highest BCUT2D eigenvalue weighted by atomic mass is 31.3. The highest BCUT2D eigenvalue weighted by Gasteiger charge is 2.46. The van der Waals surface area contributed by atoms with Gasteiger partial charge in [-0.25, -0.2) is 18.3 Å². The summed E-state index contributed by atoms with van der Waals surface area (Å²) in [6.07, 6.45) is 0. The maximum absolute atomic E-state index is 12.9. The first kappa shape index (κ1) is 26.3. The maximum Gasteiger partial charge on any atom is 0.490 e. The molecule has 0 aliphatic rings. The summed E-state index contributed by atoms with van der Waals surface area (Å²) >= 11 is 0. The van der Waals surface area contributed by atoms with Crippen LogP contribution in [0.5, 0.6) is 0 Å². The van der Waals surface area contributed by atoms with E-state index in [-0.39, 0.29) is 0 Å². The standard InChI is InChI=1S/C14H18O13P4/c15-28(16,17)25-29(18,19)26-30(20,21)27-31(22,23-11-13-7-3-1-4-8-13)24-12-14-9-5-2-6-10-14/h1-10H,11-12H2,(H,18,19)(H,20,21)(H2,15,16,17). The molecule has 0 fully saturated rings. The molecule has 2 rings (SSSR count). The Kier molecular flexibility index (Phi) is 9.10. The lowest BCUT2D eigenvalue weighted by molar-refractivity contribution is 0.127. The molecule has 0 spiro atoms. The van der Waals surface area contributed by atoms with Gasteiger partial charge in [0, 0.05) is 0 Å². The van der Waals surface area contributed by atoms with E-state index in [1.165, 1.54) is 0 Å². The van der Waals surface area contributed by atoms with Crippen molar-refractivity contribution in [2.75, 3.05) is 0 Å². The molecule has 2 aromatic rings. The molecule has 0 bridgehead atoms. The largest absolute Gasteiger partial charge is 0.490 e. The minimum absolute atomic E-state index is 0.414. The fourth-order valence-electron chi connectivity index (χ4n) is 1.96. The van der Waals surface area contributed by atoms with Gasteiger partial charge in [0.2, 0.25) is 0 Å². The van der Waals surface area contributed by atoms with Crippen LogP contribution in [-0.2, 0) is 53.5 Å². The molecule has 172 valence electrons. The molecular formula is C14H18O13P4. The molecule has 2 aromatic carbocycles. The van der Waals surface area contributed by atoms with Gasteiger partial charge in [-0.1, -0.05) is 60.7 Å². The first-order valence-corrected chi connectivity index (χ1v) is 14.1. The third-order valence-corrected chi connectivity index (χ3v) is 8.93. The summed E-state index contributed by atoms with van der Waals surface area (Å²) in [4.78, 5) is 36.1. The van der Waals surface area contributed by atoms with Crippen LogP contribution in [0.1, 0.15) is 11.1 Å². The zero-order valence-electron chi connectivity index (χ0n) is 15.4. The van der Waals surface area contributed by atoms with Crippen LogP contribution in [0.4, 0.5) is 0 Å². The molecule has 0 amide bonds. The van der Waals surface area contributed by atoms with Crippen molar-refractivity contribution in [3.05, 3.63) is 71.8 Å². The molecule has 0 aliphatic heterocycles. The number of benzene rings is 2. The van der Waals surface area contributed by atoms with Gasteiger partial charge in [0.1, 0.15) is 0 Å². The van der Waals surface area contributed by atoms with Gasteiger partial charge in [-0.05, 0) is 11.1 Å². The SMILES string of the molecule is O=P(O)(O)OP(=O)(O)OP(=O)(O)OP(=O)(OCc1ccccc1)OCc1ccccc1. The Morgan fingerprint density at radius 2 is 0.968 bits per heavy atom. The Labute approximate surface area is 176 Å². The Morgan fingerprint density at radius 3 is 1.35 bits per heavy atom. The Balaban J connectivity index is 2.17. The average Bonchev–Trinajstić information content (AvgIpc) is 2.63. The number of phosphoric ester groups is 1. The summed E-state index contributed by atoms with van der Waals surface area (Å²) < 4.78 is 68.7.